The Bertz CT molecular complexity index is 628. The van der Waals surface area contributed by atoms with E-state index in [4.69, 9.17) is 21.1 Å². The lowest BCUT2D eigenvalue weighted by Gasteiger charge is -2.22. The number of ether oxygens (including phenoxy) is 2. The zero-order chi connectivity index (χ0) is 15.4. The Morgan fingerprint density at radius 1 is 1.00 bits per heavy atom. The molecule has 0 heterocycles. The van der Waals surface area contributed by atoms with E-state index < -0.39 is 0 Å². The molecule has 0 spiro atoms. The predicted molar refractivity (Wildman–Crippen MR) is 86.6 cm³/mol. The van der Waals surface area contributed by atoms with Crippen molar-refractivity contribution in [2.75, 3.05) is 21.3 Å². The van der Waals surface area contributed by atoms with Gasteiger partial charge < -0.3 is 14.8 Å². The highest BCUT2D eigenvalue weighted by atomic mass is 35.5. The summed E-state index contributed by atoms with van der Waals surface area (Å²) in [5.74, 6) is 1.66. The average Bonchev–Trinajstić information content (AvgIpc) is 2.49. The molecule has 1 unspecified atom stereocenters. The molecule has 0 bridgehead atoms. The van der Waals surface area contributed by atoms with Crippen LogP contribution in [0.5, 0.6) is 11.5 Å². The second kappa shape index (κ2) is 6.83. The first-order valence-corrected chi connectivity index (χ1v) is 7.13. The quantitative estimate of drug-likeness (QED) is 0.906. The molecule has 2 aromatic rings. The van der Waals surface area contributed by atoms with Crippen LogP contribution in [0.3, 0.4) is 0 Å². The van der Waals surface area contributed by atoms with Crippen molar-refractivity contribution in [1.82, 2.24) is 5.32 Å². The van der Waals surface area contributed by atoms with E-state index in [1.54, 1.807) is 14.2 Å². The zero-order valence-electron chi connectivity index (χ0n) is 12.7. The monoisotopic (exact) mass is 305 g/mol. The van der Waals surface area contributed by atoms with Crippen LogP contribution >= 0.6 is 11.6 Å². The maximum atomic E-state index is 6.15. The van der Waals surface area contributed by atoms with Crippen molar-refractivity contribution in [2.24, 2.45) is 0 Å². The van der Waals surface area contributed by atoms with Gasteiger partial charge in [-0.05, 0) is 55.4 Å². The molecule has 21 heavy (non-hydrogen) atoms. The van der Waals surface area contributed by atoms with Gasteiger partial charge in [-0.3, -0.25) is 0 Å². The minimum Gasteiger partial charge on any atom is -0.497 e. The average molecular weight is 306 g/mol. The number of methoxy groups -OCH3 is 2. The molecule has 0 amide bonds. The van der Waals surface area contributed by atoms with Gasteiger partial charge in [0.25, 0.3) is 0 Å². The predicted octanol–water partition coefficient (Wildman–Crippen LogP) is 3.97. The third-order valence-electron chi connectivity index (χ3n) is 3.58. The molecule has 0 radical (unpaired) electrons. The van der Waals surface area contributed by atoms with E-state index in [1.807, 2.05) is 37.4 Å². The van der Waals surface area contributed by atoms with Gasteiger partial charge in [-0.1, -0.05) is 17.7 Å². The molecule has 4 heteroatoms. The minimum atomic E-state index is 0.00422. The van der Waals surface area contributed by atoms with Crippen molar-refractivity contribution in [3.8, 4) is 11.5 Å². The van der Waals surface area contributed by atoms with Gasteiger partial charge in [-0.25, -0.2) is 0 Å². The fraction of sp³-hybridized carbons (Fsp3) is 0.294. The van der Waals surface area contributed by atoms with E-state index in [-0.39, 0.29) is 6.04 Å². The van der Waals surface area contributed by atoms with E-state index in [9.17, 15) is 0 Å². The van der Waals surface area contributed by atoms with Crippen molar-refractivity contribution in [3.05, 3.63) is 58.1 Å². The van der Waals surface area contributed by atoms with Gasteiger partial charge in [-0.15, -0.1) is 0 Å². The summed E-state index contributed by atoms with van der Waals surface area (Å²) in [7, 11) is 5.26. The third kappa shape index (κ3) is 3.31. The molecule has 0 aromatic heterocycles. The lowest BCUT2D eigenvalue weighted by Crippen LogP contribution is -2.19. The SMILES string of the molecule is CNC(c1ccc(OC)cc1C)c1cc(Cl)ccc1OC. The maximum absolute atomic E-state index is 6.15. The molecule has 0 saturated carbocycles. The van der Waals surface area contributed by atoms with Crippen LogP contribution in [-0.4, -0.2) is 21.3 Å². The summed E-state index contributed by atoms with van der Waals surface area (Å²) < 4.78 is 10.7. The Kier molecular flexibility index (Phi) is 5.10. The number of aryl methyl sites for hydroxylation is 1. The van der Waals surface area contributed by atoms with E-state index >= 15 is 0 Å². The van der Waals surface area contributed by atoms with Crippen LogP contribution in [0.2, 0.25) is 5.02 Å². The Labute approximate surface area is 130 Å². The van der Waals surface area contributed by atoms with Crippen molar-refractivity contribution in [1.29, 1.82) is 0 Å². The van der Waals surface area contributed by atoms with E-state index in [1.165, 1.54) is 5.56 Å². The highest BCUT2D eigenvalue weighted by Gasteiger charge is 2.19. The van der Waals surface area contributed by atoms with Gasteiger partial charge in [0, 0.05) is 10.6 Å². The van der Waals surface area contributed by atoms with E-state index in [0.29, 0.717) is 5.02 Å². The lowest BCUT2D eigenvalue weighted by molar-refractivity contribution is 0.405. The third-order valence-corrected chi connectivity index (χ3v) is 3.81. The first-order chi connectivity index (χ1) is 10.1. The molecule has 0 aliphatic carbocycles. The molecule has 2 rings (SSSR count). The smallest absolute Gasteiger partial charge is 0.124 e. The molecule has 3 nitrogen and oxygen atoms in total. The van der Waals surface area contributed by atoms with Gasteiger partial charge in [-0.2, -0.15) is 0 Å². The van der Waals surface area contributed by atoms with Gasteiger partial charge in [0.15, 0.2) is 0 Å². The van der Waals surface area contributed by atoms with Crippen LogP contribution in [0, 0.1) is 6.92 Å². The number of nitrogens with one attached hydrogen (secondary N) is 1. The first-order valence-electron chi connectivity index (χ1n) is 6.76. The summed E-state index contributed by atoms with van der Waals surface area (Å²) in [5.41, 5.74) is 3.33. The Hall–Kier alpha value is -1.71. The van der Waals surface area contributed by atoms with Crippen LogP contribution in [0.1, 0.15) is 22.7 Å². The molecule has 0 aliphatic heterocycles. The summed E-state index contributed by atoms with van der Waals surface area (Å²) in [6.07, 6.45) is 0. The van der Waals surface area contributed by atoms with Crippen LogP contribution in [0.25, 0.3) is 0 Å². The summed E-state index contributed by atoms with van der Waals surface area (Å²) in [4.78, 5) is 0. The molecule has 0 saturated heterocycles. The van der Waals surface area contributed by atoms with E-state index in [2.05, 4.69) is 18.3 Å². The minimum absolute atomic E-state index is 0.00422. The molecule has 0 aliphatic rings. The number of rotatable bonds is 5. The summed E-state index contributed by atoms with van der Waals surface area (Å²) in [5, 5.41) is 4.03. The molecular formula is C17H20ClNO2. The van der Waals surface area contributed by atoms with Crippen molar-refractivity contribution < 1.29 is 9.47 Å². The topological polar surface area (TPSA) is 30.5 Å². The molecule has 0 fully saturated rings. The summed E-state index contributed by atoms with van der Waals surface area (Å²) in [6.45, 7) is 2.07. The van der Waals surface area contributed by atoms with Crippen LogP contribution in [0.4, 0.5) is 0 Å². The van der Waals surface area contributed by atoms with Gasteiger partial charge in [0.2, 0.25) is 0 Å². The molecule has 2 aromatic carbocycles. The highest BCUT2D eigenvalue weighted by Crippen LogP contribution is 2.34. The maximum Gasteiger partial charge on any atom is 0.124 e. The Morgan fingerprint density at radius 3 is 2.33 bits per heavy atom. The molecule has 1 atom stereocenters. The van der Waals surface area contributed by atoms with Crippen LogP contribution in [0.15, 0.2) is 36.4 Å². The molecule has 1 N–H and O–H groups in total. The zero-order valence-corrected chi connectivity index (χ0v) is 13.5. The van der Waals surface area contributed by atoms with Gasteiger partial charge in [0.05, 0.1) is 20.3 Å². The number of hydrogen-bond donors (Lipinski definition) is 1. The van der Waals surface area contributed by atoms with Gasteiger partial charge in [0.1, 0.15) is 11.5 Å². The van der Waals surface area contributed by atoms with Gasteiger partial charge >= 0.3 is 0 Å². The summed E-state index contributed by atoms with van der Waals surface area (Å²) >= 11 is 6.15. The lowest BCUT2D eigenvalue weighted by atomic mass is 9.94. The Morgan fingerprint density at radius 2 is 1.76 bits per heavy atom. The van der Waals surface area contributed by atoms with Crippen molar-refractivity contribution in [2.45, 2.75) is 13.0 Å². The van der Waals surface area contributed by atoms with Crippen molar-refractivity contribution >= 4 is 11.6 Å². The van der Waals surface area contributed by atoms with Crippen LogP contribution in [-0.2, 0) is 0 Å². The fourth-order valence-corrected chi connectivity index (χ4v) is 2.69. The van der Waals surface area contributed by atoms with E-state index in [0.717, 1.165) is 22.6 Å². The largest absolute Gasteiger partial charge is 0.497 e. The molecular weight excluding hydrogens is 286 g/mol. The number of hydrogen-bond acceptors (Lipinski definition) is 3. The number of halogens is 1. The number of benzene rings is 2. The van der Waals surface area contributed by atoms with Crippen molar-refractivity contribution in [3.63, 3.8) is 0 Å². The van der Waals surface area contributed by atoms with Crippen LogP contribution < -0.4 is 14.8 Å². The Balaban J connectivity index is 2.51. The standard InChI is InChI=1S/C17H20ClNO2/c1-11-9-13(20-3)6-7-14(11)17(19-2)15-10-12(18)5-8-16(15)21-4/h5-10,17,19H,1-4H3. The highest BCUT2D eigenvalue weighted by molar-refractivity contribution is 6.30. The first kappa shape index (κ1) is 15.7. The normalized spacial score (nSPS) is 12.0. The second-order valence-electron chi connectivity index (χ2n) is 4.83. The second-order valence-corrected chi connectivity index (χ2v) is 5.27. The molecule has 112 valence electrons. The fourth-order valence-electron chi connectivity index (χ4n) is 2.51. The summed E-state index contributed by atoms with van der Waals surface area (Å²) in [6, 6.07) is 11.7.